The minimum atomic E-state index is -0.339. The second-order valence-electron chi connectivity index (χ2n) is 16.6. The van der Waals surface area contributed by atoms with Crippen molar-refractivity contribution in [3.8, 4) is 0 Å². The van der Waals surface area contributed by atoms with E-state index in [-0.39, 0.29) is 41.5 Å². The Bertz CT molecular complexity index is 1120. The average Bonchev–Trinajstić information content (AvgIpc) is 3.41. The molecule has 2 amide bonds. The van der Waals surface area contributed by atoms with Gasteiger partial charge in [0, 0.05) is 24.4 Å². The van der Waals surface area contributed by atoms with E-state index in [9.17, 15) is 9.59 Å². The molecule has 11 atom stereocenters. The lowest BCUT2D eigenvalue weighted by molar-refractivity contribution is -0.272. The molecular formula is C36H57N3O4. The smallest absolute Gasteiger partial charge is 0.229 e. The molecule has 0 aromatic carbocycles. The summed E-state index contributed by atoms with van der Waals surface area (Å²) >= 11 is 0. The van der Waals surface area contributed by atoms with Crippen molar-refractivity contribution < 1.29 is 19.1 Å². The van der Waals surface area contributed by atoms with Gasteiger partial charge in [0.25, 0.3) is 0 Å². The first-order valence-electron chi connectivity index (χ1n) is 17.8. The van der Waals surface area contributed by atoms with Gasteiger partial charge in [0.05, 0.1) is 12.7 Å². The van der Waals surface area contributed by atoms with Gasteiger partial charge in [-0.05, 0) is 125 Å². The predicted octanol–water partition coefficient (Wildman–Crippen LogP) is 5.44. The highest BCUT2D eigenvalue weighted by Gasteiger charge is 2.68. The van der Waals surface area contributed by atoms with Crippen LogP contribution in [0.5, 0.6) is 0 Å². The van der Waals surface area contributed by atoms with E-state index in [1.807, 2.05) is 0 Å². The number of nitrogens with zero attached hydrogens (tertiary/aromatic N) is 1. The largest absolute Gasteiger partial charge is 0.353 e. The van der Waals surface area contributed by atoms with E-state index in [1.54, 1.807) is 5.57 Å². The monoisotopic (exact) mass is 595 g/mol. The molecule has 0 bridgehead atoms. The number of hydrogen-bond donors (Lipinski definition) is 2. The Hall–Kier alpha value is -1.44. The number of carbonyl (C=O) groups excluding carboxylic acids is 2. The summed E-state index contributed by atoms with van der Waals surface area (Å²) in [6, 6.07) is 0.340. The third kappa shape index (κ3) is 5.12. The maximum atomic E-state index is 12.9. The van der Waals surface area contributed by atoms with Crippen LogP contribution in [0.25, 0.3) is 0 Å². The molecule has 7 aliphatic rings. The molecule has 0 aromatic rings. The van der Waals surface area contributed by atoms with Gasteiger partial charge in [-0.3, -0.25) is 9.59 Å². The van der Waals surface area contributed by atoms with Gasteiger partial charge in [0.2, 0.25) is 11.8 Å². The lowest BCUT2D eigenvalue weighted by Gasteiger charge is -2.58. The fraction of sp³-hybridized carbons (Fsp3) is 0.889. The van der Waals surface area contributed by atoms with Crippen molar-refractivity contribution in [1.29, 1.82) is 0 Å². The van der Waals surface area contributed by atoms with Gasteiger partial charge >= 0.3 is 0 Å². The number of ether oxygens (including phenoxy) is 2. The van der Waals surface area contributed by atoms with E-state index >= 15 is 0 Å². The number of allylic oxidation sites excluding steroid dienone is 1. The van der Waals surface area contributed by atoms with E-state index < -0.39 is 0 Å². The number of piperidine rings is 1. The zero-order valence-corrected chi connectivity index (χ0v) is 27.5. The topological polar surface area (TPSA) is 79.9 Å². The number of likely N-dealkylation sites (tertiary alicyclic amines) is 1. The first-order chi connectivity index (χ1) is 20.5. The molecule has 3 heterocycles. The fourth-order valence-corrected chi connectivity index (χ4v) is 11.7. The van der Waals surface area contributed by atoms with Crippen LogP contribution in [-0.4, -0.2) is 67.4 Å². The molecule has 240 valence electrons. The molecular weight excluding hydrogens is 538 g/mol. The highest BCUT2D eigenvalue weighted by Crippen LogP contribution is 2.70. The van der Waals surface area contributed by atoms with Gasteiger partial charge < -0.3 is 25.0 Å². The minimum absolute atomic E-state index is 0.0572. The molecule has 3 aliphatic heterocycles. The molecule has 0 radical (unpaired) electrons. The third-order valence-corrected chi connectivity index (χ3v) is 14.1. The first kappa shape index (κ1) is 30.2. The molecule has 7 rings (SSSR count). The van der Waals surface area contributed by atoms with Crippen molar-refractivity contribution in [3.05, 3.63) is 11.6 Å². The number of amides is 2. The minimum Gasteiger partial charge on any atom is -0.353 e. The maximum absolute atomic E-state index is 12.9. The van der Waals surface area contributed by atoms with Crippen molar-refractivity contribution in [2.75, 3.05) is 26.7 Å². The summed E-state index contributed by atoms with van der Waals surface area (Å²) in [5.41, 5.74) is 2.13. The van der Waals surface area contributed by atoms with Crippen LogP contribution in [0.15, 0.2) is 11.6 Å². The zero-order valence-electron chi connectivity index (χ0n) is 27.5. The summed E-state index contributed by atoms with van der Waals surface area (Å²) in [6.45, 7) is 12.7. The Morgan fingerprint density at radius 1 is 0.953 bits per heavy atom. The summed E-state index contributed by atoms with van der Waals surface area (Å²) in [5, 5.41) is 6.34. The molecule has 7 nitrogen and oxygen atoms in total. The zero-order chi connectivity index (χ0) is 30.1. The normalized spacial score (nSPS) is 48.1. The maximum Gasteiger partial charge on any atom is 0.229 e. The van der Waals surface area contributed by atoms with Gasteiger partial charge in [0.1, 0.15) is 6.42 Å². The van der Waals surface area contributed by atoms with Gasteiger partial charge in [-0.25, -0.2) is 0 Å². The van der Waals surface area contributed by atoms with Gasteiger partial charge in [-0.15, -0.1) is 0 Å². The second-order valence-corrected chi connectivity index (χ2v) is 16.6. The third-order valence-electron chi connectivity index (χ3n) is 14.1. The van der Waals surface area contributed by atoms with E-state index in [0.717, 1.165) is 76.0 Å². The lowest BCUT2D eigenvalue weighted by atomic mass is 9.46. The lowest BCUT2D eigenvalue weighted by Crippen LogP contribution is -2.53. The van der Waals surface area contributed by atoms with Gasteiger partial charge in [0.15, 0.2) is 5.79 Å². The molecule has 0 aromatic heterocycles. The summed E-state index contributed by atoms with van der Waals surface area (Å²) in [7, 11) is 2.12. The number of nitrogens with one attached hydrogen (secondary N) is 2. The molecule has 6 fully saturated rings. The van der Waals surface area contributed by atoms with Crippen LogP contribution in [0.3, 0.4) is 0 Å². The number of fused-ring (bicyclic) bond motifs is 7. The number of carbonyl (C=O) groups is 2. The summed E-state index contributed by atoms with van der Waals surface area (Å²) in [4.78, 5) is 27.7. The summed E-state index contributed by atoms with van der Waals surface area (Å²) < 4.78 is 13.5. The average molecular weight is 596 g/mol. The van der Waals surface area contributed by atoms with Crippen molar-refractivity contribution in [2.24, 2.45) is 46.3 Å². The Kier molecular flexibility index (Phi) is 7.82. The standard InChI is InChI=1S/C36H57N3O4/c1-22-8-15-36(42-21-22)23(2)33-30(43-36)19-29-27-7-6-24-18-26(9-13-34(24,3)28(27)10-14-35(29,33)4)38-32(41)20-31(40)37-25-11-16-39(5)17-12-25/h6,22-23,25-30,33H,7-21H2,1-5H3,(H,37,40)(H,38,41)/t22-,23+,26?,27-,28+,29+,30+,33+,34+,35+,36-/m1/s1. The van der Waals surface area contributed by atoms with Crippen LogP contribution in [0.1, 0.15) is 105 Å². The van der Waals surface area contributed by atoms with Crippen molar-refractivity contribution in [2.45, 2.75) is 129 Å². The first-order valence-corrected chi connectivity index (χ1v) is 17.8. The summed E-state index contributed by atoms with van der Waals surface area (Å²) in [5.74, 6) is 3.29. The van der Waals surface area contributed by atoms with Gasteiger partial charge in [-0.1, -0.05) is 39.3 Å². The molecule has 3 saturated carbocycles. The Labute approximate surface area is 259 Å². The molecule has 43 heavy (non-hydrogen) atoms. The Morgan fingerprint density at radius 2 is 1.70 bits per heavy atom. The van der Waals surface area contributed by atoms with Gasteiger partial charge in [-0.2, -0.15) is 0 Å². The van der Waals surface area contributed by atoms with E-state index in [1.165, 1.54) is 32.1 Å². The van der Waals surface area contributed by atoms with Crippen LogP contribution in [0.2, 0.25) is 0 Å². The Balaban J connectivity index is 0.972. The van der Waals surface area contributed by atoms with Crippen molar-refractivity contribution in [1.82, 2.24) is 15.5 Å². The van der Waals surface area contributed by atoms with Crippen LogP contribution >= 0.6 is 0 Å². The van der Waals surface area contributed by atoms with Crippen molar-refractivity contribution >= 4 is 11.8 Å². The van der Waals surface area contributed by atoms with Crippen molar-refractivity contribution in [3.63, 3.8) is 0 Å². The molecule has 1 spiro atoms. The second kappa shape index (κ2) is 11.1. The quantitative estimate of drug-likeness (QED) is 0.334. The van der Waals surface area contributed by atoms with Crippen LogP contribution in [0.4, 0.5) is 0 Å². The molecule has 4 aliphatic carbocycles. The predicted molar refractivity (Wildman–Crippen MR) is 167 cm³/mol. The molecule has 2 N–H and O–H groups in total. The van der Waals surface area contributed by atoms with Crippen LogP contribution < -0.4 is 10.6 Å². The highest BCUT2D eigenvalue weighted by molar-refractivity contribution is 5.97. The number of rotatable bonds is 4. The summed E-state index contributed by atoms with van der Waals surface area (Å²) in [6.07, 6.45) is 15.1. The van der Waals surface area contributed by atoms with Crippen LogP contribution in [0, 0.1) is 46.3 Å². The molecule has 1 unspecified atom stereocenters. The van der Waals surface area contributed by atoms with E-state index in [4.69, 9.17) is 9.47 Å². The fourth-order valence-electron chi connectivity index (χ4n) is 11.7. The van der Waals surface area contributed by atoms with Crippen LogP contribution in [-0.2, 0) is 19.1 Å². The van der Waals surface area contributed by atoms with E-state index in [0.29, 0.717) is 29.3 Å². The van der Waals surface area contributed by atoms with E-state index in [2.05, 4.69) is 56.4 Å². The molecule has 3 saturated heterocycles. The Morgan fingerprint density at radius 3 is 2.42 bits per heavy atom. The molecule has 7 heteroatoms. The highest BCUT2D eigenvalue weighted by atomic mass is 16.7. The number of hydrogen-bond acceptors (Lipinski definition) is 5. The SMILES string of the molecule is C[C@@H]1CC[C@@]2(OC1)O[C@H]1C[C@H]3[C@@H]4CC=C5CC(NC(=O)CC(=O)NC6CCN(C)CC6)CC[C@]5(C)[C@H]4CC[C@]3(C)[C@H]1[C@@H]2C.